The Bertz CT molecular complexity index is 1250. The third-order valence-electron chi connectivity index (χ3n) is 8.90. The number of halogens is 2. The Labute approximate surface area is 216 Å². The zero-order valence-electron chi connectivity index (χ0n) is 21.4. The molecule has 0 radical (unpaired) electrons. The number of aromatic nitrogens is 1. The minimum atomic E-state index is -0.623. The Morgan fingerprint density at radius 1 is 1.11 bits per heavy atom. The summed E-state index contributed by atoms with van der Waals surface area (Å²) < 4.78 is 33.0. The van der Waals surface area contributed by atoms with Gasteiger partial charge < -0.3 is 25.3 Å². The maximum atomic E-state index is 13.6. The Kier molecular flexibility index (Phi) is 6.31. The molecule has 196 valence electrons. The van der Waals surface area contributed by atoms with Crippen molar-refractivity contribution < 1.29 is 13.2 Å². The molecule has 3 aliphatic heterocycles. The quantitative estimate of drug-likeness (QED) is 0.444. The van der Waals surface area contributed by atoms with Gasteiger partial charge in [0.05, 0.1) is 6.20 Å². The van der Waals surface area contributed by atoms with Gasteiger partial charge in [0.15, 0.2) is 5.76 Å². The van der Waals surface area contributed by atoms with Crippen LogP contribution in [0.1, 0.15) is 38.2 Å². The van der Waals surface area contributed by atoms with Crippen LogP contribution < -0.4 is 16.0 Å². The minimum absolute atomic E-state index is 0.219. The number of hydrogen-bond acceptors (Lipinski definition) is 6. The summed E-state index contributed by atoms with van der Waals surface area (Å²) in [6, 6.07) is 10.3. The molecule has 2 saturated heterocycles. The zero-order valence-corrected chi connectivity index (χ0v) is 21.4. The maximum Gasteiger partial charge on any atom is 0.297 e. The van der Waals surface area contributed by atoms with E-state index >= 15 is 0 Å². The highest BCUT2D eigenvalue weighted by Gasteiger charge is 2.46. The van der Waals surface area contributed by atoms with Crippen molar-refractivity contribution in [3.63, 3.8) is 0 Å². The van der Waals surface area contributed by atoms with Crippen molar-refractivity contribution in [3.8, 4) is 11.3 Å². The van der Waals surface area contributed by atoms with E-state index in [0.29, 0.717) is 29.2 Å². The van der Waals surface area contributed by atoms with Crippen molar-refractivity contribution in [3.05, 3.63) is 59.8 Å². The summed E-state index contributed by atoms with van der Waals surface area (Å²) >= 11 is 0. The molecule has 2 fully saturated rings. The molecule has 3 aromatic rings. The summed E-state index contributed by atoms with van der Waals surface area (Å²) in [5.41, 5.74) is 10.1. The normalized spacial score (nSPS) is 24.4. The third kappa shape index (κ3) is 4.67. The van der Waals surface area contributed by atoms with Crippen LogP contribution in [0.15, 0.2) is 47.0 Å². The first-order valence-electron chi connectivity index (χ1n) is 13.4. The molecule has 2 atom stereocenters. The number of hydrogen-bond donors (Lipinski definition) is 2. The molecule has 0 amide bonds. The van der Waals surface area contributed by atoms with E-state index < -0.39 is 11.6 Å². The molecule has 3 aliphatic rings. The van der Waals surface area contributed by atoms with Crippen LogP contribution in [-0.2, 0) is 5.41 Å². The molecule has 1 aromatic heterocycles. The van der Waals surface area contributed by atoms with E-state index in [0.717, 1.165) is 63.9 Å². The molecule has 3 N–H and O–H groups in total. The number of nitrogen functional groups attached to an aromatic ring is 1. The fraction of sp³-hybridized carbons (Fsp3) is 0.483. The number of nitrogens with zero attached hydrogens (tertiary/aromatic N) is 3. The van der Waals surface area contributed by atoms with Crippen LogP contribution in [0.4, 0.5) is 26.2 Å². The number of anilines is 3. The largest absolute Gasteiger partial charge is 0.423 e. The first-order chi connectivity index (χ1) is 17.9. The number of fused-ring (bicyclic) bond motifs is 2. The summed E-state index contributed by atoms with van der Waals surface area (Å²) in [4.78, 5) is 9.17. The van der Waals surface area contributed by atoms with E-state index in [4.69, 9.17) is 10.2 Å². The second kappa shape index (κ2) is 9.63. The molecule has 37 heavy (non-hydrogen) atoms. The number of nitrogens with two attached hydrogens (primary N) is 1. The second-order valence-electron chi connectivity index (χ2n) is 11.2. The van der Waals surface area contributed by atoms with Gasteiger partial charge in [-0.2, -0.15) is 0 Å². The van der Waals surface area contributed by atoms with Crippen molar-refractivity contribution in [2.75, 3.05) is 55.2 Å². The van der Waals surface area contributed by atoms with Gasteiger partial charge in [0, 0.05) is 54.6 Å². The summed E-state index contributed by atoms with van der Waals surface area (Å²) in [5, 5.41) is 3.61. The predicted octanol–water partition coefficient (Wildman–Crippen LogP) is 5.51. The smallest absolute Gasteiger partial charge is 0.297 e. The lowest BCUT2D eigenvalue weighted by Gasteiger charge is -2.45. The highest BCUT2D eigenvalue weighted by atomic mass is 19.1. The Morgan fingerprint density at radius 2 is 1.89 bits per heavy atom. The number of piperidine rings is 2. The first-order valence-corrected chi connectivity index (χ1v) is 13.4. The molecule has 0 unspecified atom stereocenters. The van der Waals surface area contributed by atoms with E-state index in [1.54, 1.807) is 6.20 Å². The third-order valence-corrected chi connectivity index (χ3v) is 8.90. The molecule has 0 bridgehead atoms. The van der Waals surface area contributed by atoms with Crippen LogP contribution in [0.3, 0.4) is 0 Å². The maximum absolute atomic E-state index is 13.6. The van der Waals surface area contributed by atoms with Crippen LogP contribution in [0.5, 0.6) is 0 Å². The standard InChI is InChI=1S/C29H35F2N5O/c1-19-17-35(11-7-29(19)18-34-26-15-24(32)2-3-25(26)29)8-4-20-5-9-36(10-6-20)28-33-16-27(37-28)21-12-22(30)14-23(31)13-21/h2-3,12-16,19-20,34H,4-11,17-18,32H2,1H3/t19-,29+/m1/s1. The molecule has 8 heteroatoms. The fourth-order valence-corrected chi connectivity index (χ4v) is 6.63. The zero-order chi connectivity index (χ0) is 25.6. The Hall–Kier alpha value is -3.13. The monoisotopic (exact) mass is 507 g/mol. The average Bonchev–Trinajstić information content (AvgIpc) is 3.51. The topological polar surface area (TPSA) is 70.6 Å². The van der Waals surface area contributed by atoms with Crippen molar-refractivity contribution in [2.24, 2.45) is 11.8 Å². The second-order valence-corrected chi connectivity index (χ2v) is 11.2. The lowest BCUT2D eigenvalue weighted by Crippen LogP contribution is -2.50. The van der Waals surface area contributed by atoms with Gasteiger partial charge in [-0.1, -0.05) is 13.0 Å². The average molecular weight is 508 g/mol. The van der Waals surface area contributed by atoms with E-state index in [2.05, 4.69) is 39.2 Å². The lowest BCUT2D eigenvalue weighted by molar-refractivity contribution is 0.104. The lowest BCUT2D eigenvalue weighted by atomic mass is 9.67. The molecule has 6 nitrogen and oxygen atoms in total. The SMILES string of the molecule is C[C@@H]1CN(CCC2CCN(c3ncc(-c4cc(F)cc(F)c4)o3)CC2)CC[C@]12CNc1cc(N)ccc12. The van der Waals surface area contributed by atoms with Gasteiger partial charge in [-0.25, -0.2) is 13.8 Å². The van der Waals surface area contributed by atoms with Gasteiger partial charge in [-0.15, -0.1) is 0 Å². The van der Waals surface area contributed by atoms with Crippen molar-refractivity contribution in [1.29, 1.82) is 0 Å². The molecule has 6 rings (SSSR count). The predicted molar refractivity (Wildman–Crippen MR) is 143 cm³/mol. The first kappa shape index (κ1) is 24.2. The molecule has 4 heterocycles. The number of oxazole rings is 1. The number of benzene rings is 2. The van der Waals surface area contributed by atoms with Gasteiger partial charge in [0.2, 0.25) is 0 Å². The minimum Gasteiger partial charge on any atom is -0.423 e. The number of likely N-dealkylation sites (tertiary alicyclic amines) is 1. The van der Waals surface area contributed by atoms with E-state index in [1.807, 2.05) is 6.07 Å². The van der Waals surface area contributed by atoms with Crippen LogP contribution in [0.2, 0.25) is 0 Å². The fourth-order valence-electron chi connectivity index (χ4n) is 6.63. The molecule has 0 aliphatic carbocycles. The number of nitrogens with one attached hydrogen (secondary N) is 1. The van der Waals surface area contributed by atoms with Gasteiger partial charge in [-0.3, -0.25) is 0 Å². The van der Waals surface area contributed by atoms with Crippen molar-refractivity contribution in [1.82, 2.24) is 9.88 Å². The highest BCUT2D eigenvalue weighted by Crippen LogP contribution is 2.47. The summed E-state index contributed by atoms with van der Waals surface area (Å²) in [7, 11) is 0. The summed E-state index contributed by atoms with van der Waals surface area (Å²) in [6.45, 7) is 8.58. The van der Waals surface area contributed by atoms with Crippen molar-refractivity contribution in [2.45, 2.75) is 38.0 Å². The van der Waals surface area contributed by atoms with Gasteiger partial charge in [0.1, 0.15) is 11.6 Å². The highest BCUT2D eigenvalue weighted by molar-refractivity contribution is 5.66. The van der Waals surface area contributed by atoms with E-state index in [9.17, 15) is 8.78 Å². The van der Waals surface area contributed by atoms with E-state index in [-0.39, 0.29) is 5.41 Å². The van der Waals surface area contributed by atoms with Crippen LogP contribution in [-0.4, -0.2) is 49.2 Å². The van der Waals surface area contributed by atoms with Gasteiger partial charge >= 0.3 is 0 Å². The van der Waals surface area contributed by atoms with Gasteiger partial charge in [-0.05, 0) is 80.4 Å². The Balaban J connectivity index is 0.995. The molecule has 2 aromatic carbocycles. The van der Waals surface area contributed by atoms with Gasteiger partial charge in [0.25, 0.3) is 6.01 Å². The molecule has 1 spiro atoms. The van der Waals surface area contributed by atoms with Crippen LogP contribution in [0, 0.1) is 23.5 Å². The Morgan fingerprint density at radius 3 is 2.65 bits per heavy atom. The molecular weight excluding hydrogens is 472 g/mol. The van der Waals surface area contributed by atoms with Crippen molar-refractivity contribution >= 4 is 17.4 Å². The van der Waals surface area contributed by atoms with E-state index in [1.165, 1.54) is 36.2 Å². The molecule has 0 saturated carbocycles. The van der Waals surface area contributed by atoms with Crippen LogP contribution >= 0.6 is 0 Å². The summed E-state index contributed by atoms with van der Waals surface area (Å²) in [5.74, 6) is 0.414. The molecular formula is C29H35F2N5O. The number of rotatable bonds is 5. The van der Waals surface area contributed by atoms with Crippen LogP contribution in [0.25, 0.3) is 11.3 Å². The summed E-state index contributed by atoms with van der Waals surface area (Å²) in [6.07, 6.45) is 6.13.